The van der Waals surface area contributed by atoms with Crippen LogP contribution in [-0.4, -0.2) is 27.2 Å². The minimum absolute atomic E-state index is 0.0995. The summed E-state index contributed by atoms with van der Waals surface area (Å²) in [5.74, 6) is 0.203. The fourth-order valence-corrected chi connectivity index (χ4v) is 2.34. The van der Waals surface area contributed by atoms with Crippen LogP contribution < -0.4 is 5.43 Å². The van der Waals surface area contributed by atoms with Gasteiger partial charge in [0, 0.05) is 23.4 Å². The van der Waals surface area contributed by atoms with E-state index in [4.69, 9.17) is 16.0 Å². The Hall–Kier alpha value is -3.46. The molecule has 0 unspecified atom stereocenters. The van der Waals surface area contributed by atoms with Gasteiger partial charge >= 0.3 is 0 Å². The zero-order valence-corrected chi connectivity index (χ0v) is 14.1. The second-order valence-corrected chi connectivity index (χ2v) is 5.67. The molecule has 0 fully saturated rings. The van der Waals surface area contributed by atoms with Crippen LogP contribution in [0.5, 0.6) is 0 Å². The minimum atomic E-state index is -0.516. The summed E-state index contributed by atoms with van der Waals surface area (Å²) in [5, 5.41) is 21.5. The second-order valence-electron chi connectivity index (χ2n) is 5.26. The number of nitro groups is 1. The van der Waals surface area contributed by atoms with Gasteiger partial charge in [-0.15, -0.1) is 0 Å². The molecule has 3 rings (SSSR count). The molecule has 2 N–H and O–H groups in total. The third-order valence-corrected chi connectivity index (χ3v) is 3.68. The predicted octanol–water partition coefficient (Wildman–Crippen LogP) is 3.30. The Labute approximate surface area is 151 Å². The van der Waals surface area contributed by atoms with E-state index >= 15 is 0 Å². The Balaban J connectivity index is 1.73. The number of nitro benzene ring substituents is 1. The quantitative estimate of drug-likeness (QED) is 0.403. The molecule has 0 saturated carbocycles. The topological polar surface area (TPSA) is 126 Å². The van der Waals surface area contributed by atoms with Crippen LogP contribution in [0.3, 0.4) is 0 Å². The molecule has 2 aromatic heterocycles. The molecule has 26 heavy (non-hydrogen) atoms. The molecule has 0 radical (unpaired) electrons. The fourth-order valence-electron chi connectivity index (χ4n) is 2.13. The van der Waals surface area contributed by atoms with Crippen LogP contribution in [0.1, 0.15) is 21.9 Å². The van der Waals surface area contributed by atoms with Crippen LogP contribution in [0.25, 0.3) is 11.3 Å². The van der Waals surface area contributed by atoms with Crippen molar-refractivity contribution in [3.05, 3.63) is 68.7 Å². The molecule has 0 atom stereocenters. The first-order valence-corrected chi connectivity index (χ1v) is 7.71. The highest BCUT2D eigenvalue weighted by Gasteiger charge is 2.14. The van der Waals surface area contributed by atoms with E-state index in [1.165, 1.54) is 24.4 Å². The third kappa shape index (κ3) is 3.78. The number of nitrogens with zero attached hydrogens (tertiary/aromatic N) is 3. The number of carbonyl (C=O) groups excluding carboxylic acids is 1. The highest BCUT2D eigenvalue weighted by Crippen LogP contribution is 2.32. The number of nitrogens with one attached hydrogen (secondary N) is 2. The molecule has 0 spiro atoms. The summed E-state index contributed by atoms with van der Waals surface area (Å²) >= 11 is 6.08. The van der Waals surface area contributed by atoms with Gasteiger partial charge in [-0.2, -0.15) is 10.2 Å². The van der Waals surface area contributed by atoms with Crippen LogP contribution in [-0.2, 0) is 0 Å². The number of hydrogen-bond acceptors (Lipinski definition) is 6. The fraction of sp³-hybridized carbons (Fsp3) is 0.0625. The Morgan fingerprint density at radius 1 is 1.38 bits per heavy atom. The Morgan fingerprint density at radius 3 is 2.88 bits per heavy atom. The van der Waals surface area contributed by atoms with Crippen LogP contribution in [0, 0.1) is 17.0 Å². The number of benzene rings is 1. The summed E-state index contributed by atoms with van der Waals surface area (Å²) < 4.78 is 5.55. The van der Waals surface area contributed by atoms with E-state index in [0.29, 0.717) is 22.1 Å². The van der Waals surface area contributed by atoms with Gasteiger partial charge in [0.25, 0.3) is 11.6 Å². The van der Waals surface area contributed by atoms with Crippen LogP contribution in [0.4, 0.5) is 5.69 Å². The lowest BCUT2D eigenvalue weighted by molar-refractivity contribution is -0.384. The molecule has 2 heterocycles. The number of aromatic nitrogens is 2. The first-order chi connectivity index (χ1) is 12.4. The molecular weight excluding hydrogens is 362 g/mol. The van der Waals surface area contributed by atoms with Gasteiger partial charge in [-0.25, -0.2) is 5.43 Å². The molecule has 10 heteroatoms. The van der Waals surface area contributed by atoms with Crippen molar-refractivity contribution in [1.29, 1.82) is 0 Å². The summed E-state index contributed by atoms with van der Waals surface area (Å²) in [4.78, 5) is 22.2. The summed E-state index contributed by atoms with van der Waals surface area (Å²) in [6.07, 6.45) is 1.30. The molecule has 0 aliphatic heterocycles. The smallest absolute Gasteiger partial charge is 0.291 e. The zero-order chi connectivity index (χ0) is 18.7. The van der Waals surface area contributed by atoms with E-state index in [9.17, 15) is 14.9 Å². The highest BCUT2D eigenvalue weighted by atomic mass is 35.5. The van der Waals surface area contributed by atoms with E-state index in [2.05, 4.69) is 20.7 Å². The van der Waals surface area contributed by atoms with E-state index in [1.54, 1.807) is 25.1 Å². The Morgan fingerprint density at radius 2 is 2.19 bits per heavy atom. The number of amides is 1. The molecular formula is C16H12ClN5O4. The van der Waals surface area contributed by atoms with Crippen LogP contribution in [0.2, 0.25) is 5.02 Å². The number of aromatic amines is 1. The number of carbonyl (C=O) groups is 1. The molecule has 1 amide bonds. The van der Waals surface area contributed by atoms with E-state index < -0.39 is 10.8 Å². The van der Waals surface area contributed by atoms with Crippen molar-refractivity contribution in [2.45, 2.75) is 6.92 Å². The molecule has 0 saturated heterocycles. The average molecular weight is 374 g/mol. The van der Waals surface area contributed by atoms with Crippen molar-refractivity contribution in [2.24, 2.45) is 5.10 Å². The lowest BCUT2D eigenvalue weighted by Gasteiger charge is -2.00. The Kier molecular flexibility index (Phi) is 4.81. The third-order valence-electron chi connectivity index (χ3n) is 3.35. The standard InChI is InChI=1S/C16H12ClN5O4/c1-9-6-14(20-19-9)16(23)21-18-8-11-3-5-15(26-11)12-7-10(22(24)25)2-4-13(12)17/h2-8H,1H3,(H,19,20)(H,21,23). The molecule has 9 nitrogen and oxygen atoms in total. The maximum atomic E-state index is 11.8. The van der Waals surface area contributed by atoms with Gasteiger partial charge in [0.15, 0.2) is 5.69 Å². The molecule has 132 valence electrons. The van der Waals surface area contributed by atoms with Crippen LogP contribution >= 0.6 is 11.6 Å². The van der Waals surface area contributed by atoms with E-state index in [1.807, 2.05) is 0 Å². The maximum absolute atomic E-state index is 11.8. The molecule has 0 aliphatic rings. The number of aryl methyl sites for hydroxylation is 1. The number of hydrogen-bond donors (Lipinski definition) is 2. The number of halogens is 1. The van der Waals surface area contributed by atoms with Gasteiger partial charge in [-0.3, -0.25) is 20.0 Å². The summed E-state index contributed by atoms with van der Waals surface area (Å²) in [6.45, 7) is 1.77. The highest BCUT2D eigenvalue weighted by molar-refractivity contribution is 6.33. The zero-order valence-electron chi connectivity index (χ0n) is 13.4. The molecule has 0 aliphatic carbocycles. The lowest BCUT2D eigenvalue weighted by atomic mass is 10.1. The summed E-state index contributed by atoms with van der Waals surface area (Å²) in [6, 6.07) is 8.84. The van der Waals surface area contributed by atoms with Crippen LogP contribution in [0.15, 0.2) is 45.9 Å². The average Bonchev–Trinajstić information content (AvgIpc) is 3.24. The maximum Gasteiger partial charge on any atom is 0.291 e. The van der Waals surface area contributed by atoms with E-state index in [-0.39, 0.29) is 11.4 Å². The second kappa shape index (κ2) is 7.19. The number of non-ortho nitro benzene ring substituents is 1. The number of H-pyrrole nitrogens is 1. The van der Waals surface area contributed by atoms with Gasteiger partial charge < -0.3 is 4.42 Å². The SMILES string of the molecule is Cc1cc(C(=O)NN=Cc2ccc(-c3cc([N+](=O)[O-])ccc3Cl)o2)n[nH]1. The van der Waals surface area contributed by atoms with Crippen molar-refractivity contribution < 1.29 is 14.1 Å². The van der Waals surface area contributed by atoms with E-state index in [0.717, 1.165) is 5.69 Å². The van der Waals surface area contributed by atoms with Crippen molar-refractivity contribution in [2.75, 3.05) is 0 Å². The van der Waals surface area contributed by atoms with Gasteiger partial charge in [-0.1, -0.05) is 11.6 Å². The molecule has 1 aromatic carbocycles. The van der Waals surface area contributed by atoms with Gasteiger partial charge in [0.05, 0.1) is 16.2 Å². The first-order valence-electron chi connectivity index (χ1n) is 7.33. The summed E-state index contributed by atoms with van der Waals surface area (Å²) in [7, 11) is 0. The van der Waals surface area contributed by atoms with Gasteiger partial charge in [0.2, 0.25) is 0 Å². The minimum Gasteiger partial charge on any atom is -0.455 e. The van der Waals surface area contributed by atoms with Gasteiger partial charge in [-0.05, 0) is 31.2 Å². The molecule has 3 aromatic rings. The predicted molar refractivity (Wildman–Crippen MR) is 94.2 cm³/mol. The van der Waals surface area contributed by atoms with Crippen molar-refractivity contribution in [1.82, 2.24) is 15.6 Å². The molecule has 0 bridgehead atoms. The van der Waals surface area contributed by atoms with Gasteiger partial charge in [0.1, 0.15) is 11.5 Å². The Bertz CT molecular complexity index is 1010. The van der Waals surface area contributed by atoms with Crippen molar-refractivity contribution in [3.8, 4) is 11.3 Å². The number of hydrazone groups is 1. The summed E-state index contributed by atoms with van der Waals surface area (Å²) in [5.41, 5.74) is 3.57. The normalized spacial score (nSPS) is 11.0. The first kappa shape index (κ1) is 17.4. The number of rotatable bonds is 5. The number of furan rings is 1. The monoisotopic (exact) mass is 373 g/mol. The van der Waals surface area contributed by atoms with Crippen molar-refractivity contribution in [3.63, 3.8) is 0 Å². The lowest BCUT2D eigenvalue weighted by Crippen LogP contribution is -2.17. The largest absolute Gasteiger partial charge is 0.455 e. The van der Waals surface area contributed by atoms with Crippen molar-refractivity contribution >= 4 is 29.4 Å².